The van der Waals surface area contributed by atoms with Gasteiger partial charge in [0.25, 0.3) is 11.2 Å². The van der Waals surface area contributed by atoms with Crippen LogP contribution in [0.5, 0.6) is 0 Å². The number of nitro benzene ring substituents is 1. The number of allylic oxidation sites excluding steroid dienone is 1. The molecule has 29 heavy (non-hydrogen) atoms. The Bertz CT molecular complexity index is 1250. The number of rotatable bonds is 1. The van der Waals surface area contributed by atoms with Gasteiger partial charge in [0.05, 0.1) is 10.5 Å². The molecule has 0 radical (unpaired) electrons. The monoisotopic (exact) mass is 394 g/mol. The number of Topliss-reactive ketones (excluding diaryl/α,β-unsaturated/α-hetero) is 1. The summed E-state index contributed by atoms with van der Waals surface area (Å²) in [6, 6.07) is 3.88. The van der Waals surface area contributed by atoms with Gasteiger partial charge in [-0.25, -0.2) is 0 Å². The lowest BCUT2D eigenvalue weighted by molar-refractivity contribution is -0.384. The van der Waals surface area contributed by atoms with E-state index in [0.717, 1.165) is 0 Å². The number of fused-ring (bicyclic) bond motifs is 5. The summed E-state index contributed by atoms with van der Waals surface area (Å²) in [5, 5.41) is 17.0. The van der Waals surface area contributed by atoms with Crippen LogP contribution in [0.2, 0.25) is 0 Å². The number of benzene rings is 1. The number of aromatic nitrogens is 2. The number of carbonyl (C=O) groups is 2. The molecule has 11 heteroatoms. The Kier molecular flexibility index (Phi) is 3.24. The maximum absolute atomic E-state index is 13.4. The fourth-order valence-electron chi connectivity index (χ4n) is 4.50. The van der Waals surface area contributed by atoms with Gasteiger partial charge in [-0.2, -0.15) is 4.98 Å². The molecular weight excluding hydrogens is 380 g/mol. The Morgan fingerprint density at radius 3 is 2.72 bits per heavy atom. The van der Waals surface area contributed by atoms with Crippen molar-refractivity contribution < 1.29 is 14.5 Å². The minimum Gasteiger partial charge on any atom is -0.369 e. The summed E-state index contributed by atoms with van der Waals surface area (Å²) in [4.78, 5) is 56.6. The number of hydrogen-bond donors (Lipinski definition) is 4. The number of aromatic amines is 1. The topological polar surface area (TPSA) is 173 Å². The number of nitrogens with one attached hydrogen (secondary N) is 3. The Balaban J connectivity index is 1.95. The van der Waals surface area contributed by atoms with Crippen LogP contribution in [0.1, 0.15) is 30.4 Å². The summed E-state index contributed by atoms with van der Waals surface area (Å²) in [5.74, 6) is -1.01. The first kappa shape index (κ1) is 17.1. The highest BCUT2D eigenvalue weighted by Crippen LogP contribution is 2.54. The zero-order valence-corrected chi connectivity index (χ0v) is 14.9. The molecule has 1 aliphatic carbocycles. The van der Waals surface area contributed by atoms with E-state index in [1.807, 2.05) is 0 Å². The lowest BCUT2D eigenvalue weighted by Gasteiger charge is -2.38. The van der Waals surface area contributed by atoms with E-state index >= 15 is 0 Å². The zero-order valence-electron chi connectivity index (χ0n) is 14.9. The average molecular weight is 394 g/mol. The predicted molar refractivity (Wildman–Crippen MR) is 101 cm³/mol. The van der Waals surface area contributed by atoms with Crippen LogP contribution in [0.25, 0.3) is 0 Å². The molecule has 1 atom stereocenters. The van der Waals surface area contributed by atoms with Crippen molar-refractivity contribution >= 4 is 34.8 Å². The molecule has 1 unspecified atom stereocenters. The third kappa shape index (κ3) is 2.06. The van der Waals surface area contributed by atoms with E-state index in [1.54, 1.807) is 0 Å². The van der Waals surface area contributed by atoms with Crippen molar-refractivity contribution in [3.05, 3.63) is 61.1 Å². The molecule has 5 rings (SSSR count). The van der Waals surface area contributed by atoms with Crippen molar-refractivity contribution in [2.75, 3.05) is 16.4 Å². The van der Waals surface area contributed by atoms with Gasteiger partial charge in [-0.15, -0.1) is 0 Å². The van der Waals surface area contributed by atoms with Crippen molar-refractivity contribution in [2.24, 2.45) is 0 Å². The number of nitrogen functional groups attached to an aromatic ring is 1. The lowest BCUT2D eigenvalue weighted by Crippen LogP contribution is -2.49. The van der Waals surface area contributed by atoms with Crippen molar-refractivity contribution in [2.45, 2.75) is 24.7 Å². The van der Waals surface area contributed by atoms with E-state index in [0.29, 0.717) is 24.2 Å². The second-order valence-electron chi connectivity index (χ2n) is 7.12. The van der Waals surface area contributed by atoms with Crippen LogP contribution >= 0.6 is 0 Å². The summed E-state index contributed by atoms with van der Waals surface area (Å²) in [6.07, 6.45) is 1.24. The summed E-state index contributed by atoms with van der Waals surface area (Å²) in [5.41, 5.74) is 3.88. The van der Waals surface area contributed by atoms with Crippen molar-refractivity contribution in [3.63, 3.8) is 0 Å². The molecule has 146 valence electrons. The number of nitrogens with two attached hydrogens (primary N) is 1. The van der Waals surface area contributed by atoms with Gasteiger partial charge in [0.2, 0.25) is 11.9 Å². The smallest absolute Gasteiger partial charge is 0.269 e. The summed E-state index contributed by atoms with van der Waals surface area (Å²) in [7, 11) is 0. The summed E-state index contributed by atoms with van der Waals surface area (Å²) < 4.78 is 0. The van der Waals surface area contributed by atoms with E-state index in [1.165, 1.54) is 18.2 Å². The molecule has 0 bridgehead atoms. The van der Waals surface area contributed by atoms with Crippen LogP contribution in [0.4, 0.5) is 23.1 Å². The van der Waals surface area contributed by atoms with Crippen LogP contribution in [-0.4, -0.2) is 26.6 Å². The van der Waals surface area contributed by atoms with E-state index in [2.05, 4.69) is 20.6 Å². The molecule has 1 spiro atoms. The van der Waals surface area contributed by atoms with Crippen molar-refractivity contribution in [1.29, 1.82) is 0 Å². The first-order valence-electron chi connectivity index (χ1n) is 8.88. The molecule has 3 heterocycles. The molecule has 11 nitrogen and oxygen atoms in total. The number of hydrogen-bond acceptors (Lipinski definition) is 8. The van der Waals surface area contributed by atoms with Crippen molar-refractivity contribution in [1.82, 2.24) is 9.97 Å². The number of amides is 1. The lowest BCUT2D eigenvalue weighted by atomic mass is 9.64. The van der Waals surface area contributed by atoms with Crippen molar-refractivity contribution in [3.8, 4) is 0 Å². The normalized spacial score (nSPS) is 21.9. The molecule has 2 aromatic rings. The highest BCUT2D eigenvalue weighted by atomic mass is 16.6. The van der Waals surface area contributed by atoms with Gasteiger partial charge < -0.3 is 16.4 Å². The SMILES string of the molecule is Nc1nc2c(c(=O)[nH]1)C1(C(=O)Nc3ccc([N+](=O)[O-])cc31)C1=C(CCCC1=O)N2. The number of non-ortho nitro benzene ring substituents is 1. The number of H-pyrrole nitrogens is 1. The van der Waals surface area contributed by atoms with Crippen LogP contribution in [0.15, 0.2) is 34.3 Å². The van der Waals surface area contributed by atoms with Crippen LogP contribution in [-0.2, 0) is 15.0 Å². The van der Waals surface area contributed by atoms with Crippen LogP contribution in [0.3, 0.4) is 0 Å². The van der Waals surface area contributed by atoms with Gasteiger partial charge in [-0.3, -0.25) is 29.5 Å². The number of ketones is 1. The third-order valence-corrected chi connectivity index (χ3v) is 5.58. The van der Waals surface area contributed by atoms with Crippen LogP contribution in [0, 0.1) is 10.1 Å². The minimum absolute atomic E-state index is 0.0641. The third-order valence-electron chi connectivity index (χ3n) is 5.58. The van der Waals surface area contributed by atoms with E-state index in [4.69, 9.17) is 5.73 Å². The number of nitro groups is 1. The highest BCUT2D eigenvalue weighted by molar-refractivity contribution is 6.19. The van der Waals surface area contributed by atoms with Gasteiger partial charge in [0.1, 0.15) is 11.2 Å². The molecule has 0 saturated carbocycles. The predicted octanol–water partition coefficient (Wildman–Crippen LogP) is 0.931. The molecule has 1 aromatic carbocycles. The molecule has 1 aromatic heterocycles. The van der Waals surface area contributed by atoms with Gasteiger partial charge in [-0.05, 0) is 18.9 Å². The minimum atomic E-state index is -1.83. The Hall–Kier alpha value is -4.02. The Morgan fingerprint density at radius 1 is 1.17 bits per heavy atom. The maximum atomic E-state index is 13.4. The fourth-order valence-corrected chi connectivity index (χ4v) is 4.50. The largest absolute Gasteiger partial charge is 0.369 e. The maximum Gasteiger partial charge on any atom is 0.269 e. The van der Waals surface area contributed by atoms with E-state index < -0.39 is 21.8 Å². The van der Waals surface area contributed by atoms with Gasteiger partial charge >= 0.3 is 0 Å². The first-order chi connectivity index (χ1) is 13.8. The summed E-state index contributed by atoms with van der Waals surface area (Å²) in [6.45, 7) is 0. The average Bonchev–Trinajstić information content (AvgIpc) is 2.93. The second kappa shape index (κ2) is 5.50. The molecule has 0 saturated heterocycles. The van der Waals surface area contributed by atoms with Gasteiger partial charge in [-0.1, -0.05) is 0 Å². The Morgan fingerprint density at radius 2 is 1.97 bits per heavy atom. The number of carbonyl (C=O) groups excluding carboxylic acids is 2. The molecule has 5 N–H and O–H groups in total. The molecular formula is C18H14N6O5. The molecule has 0 fully saturated rings. The first-order valence-corrected chi connectivity index (χ1v) is 8.88. The molecule has 2 aliphatic heterocycles. The number of nitrogens with zero attached hydrogens (tertiary/aromatic N) is 2. The molecule has 3 aliphatic rings. The van der Waals surface area contributed by atoms with Gasteiger partial charge in [0.15, 0.2) is 5.78 Å². The fraction of sp³-hybridized carbons (Fsp3) is 0.222. The standard InChI is InChI=1S/C18H14N6O5/c19-17-22-14-13(15(26)23-17)18(12-10(20-14)2-1-3-11(12)25)8-6-7(24(28)29)4-5-9(8)21-16(18)27/h4-6H,1-3H2,(H,21,27)(H4,19,20,22,23,26). The van der Waals surface area contributed by atoms with Gasteiger partial charge in [0, 0.05) is 41.1 Å². The number of anilines is 3. The molecule has 1 amide bonds. The second-order valence-corrected chi connectivity index (χ2v) is 7.12. The Labute approximate surface area is 162 Å². The zero-order chi connectivity index (χ0) is 20.5. The summed E-state index contributed by atoms with van der Waals surface area (Å²) >= 11 is 0. The van der Waals surface area contributed by atoms with E-state index in [9.17, 15) is 24.5 Å². The highest BCUT2D eigenvalue weighted by Gasteiger charge is 2.59. The van der Waals surface area contributed by atoms with Crippen LogP contribution < -0.4 is 21.9 Å². The van der Waals surface area contributed by atoms with E-state index in [-0.39, 0.29) is 46.4 Å². The quantitative estimate of drug-likeness (QED) is 0.408.